The Bertz CT molecular complexity index is 519. The van der Waals surface area contributed by atoms with Crippen LogP contribution in [0, 0.1) is 0 Å². The van der Waals surface area contributed by atoms with Gasteiger partial charge in [0.25, 0.3) is 0 Å². The highest BCUT2D eigenvalue weighted by molar-refractivity contribution is 7.14. The molecule has 0 aliphatic heterocycles. The largest absolute Gasteiger partial charge is 0.345 e. The van der Waals surface area contributed by atoms with E-state index in [-0.39, 0.29) is 5.91 Å². The minimum Gasteiger partial charge on any atom is -0.345 e. The quantitative estimate of drug-likeness (QED) is 0.888. The molecule has 3 nitrogen and oxygen atoms in total. The second-order valence-electron chi connectivity index (χ2n) is 4.29. The molecule has 0 saturated carbocycles. The Hall–Kier alpha value is -1.17. The number of hydrogen-bond donors (Lipinski definition) is 1. The molecule has 2 aromatic rings. The smallest absolute Gasteiger partial charge is 0.236 e. The zero-order chi connectivity index (χ0) is 13.7. The van der Waals surface area contributed by atoms with E-state index in [1.54, 1.807) is 27.6 Å². The van der Waals surface area contributed by atoms with E-state index < -0.39 is 0 Å². The first kappa shape index (κ1) is 14.2. The summed E-state index contributed by atoms with van der Waals surface area (Å²) < 4.78 is 0. The molecule has 0 unspecified atom stereocenters. The van der Waals surface area contributed by atoms with Crippen molar-refractivity contribution in [1.82, 2.24) is 10.2 Å². The molecule has 5 heteroatoms. The zero-order valence-electron chi connectivity index (χ0n) is 11.2. The van der Waals surface area contributed by atoms with E-state index in [2.05, 4.69) is 34.3 Å². The molecular formula is C14H18N2OS2. The van der Waals surface area contributed by atoms with E-state index in [9.17, 15) is 4.79 Å². The van der Waals surface area contributed by atoms with Gasteiger partial charge < -0.3 is 10.2 Å². The van der Waals surface area contributed by atoms with Crippen LogP contribution in [-0.4, -0.2) is 30.9 Å². The standard InChI is InChI=1S/C14H18N2OS2/c1-3-16(2)14(17)9-15-8-12-7-11(10-19-12)13-5-4-6-18-13/h4-7,10,15H,3,8-9H2,1-2H3. The highest BCUT2D eigenvalue weighted by Gasteiger charge is 2.07. The van der Waals surface area contributed by atoms with Crippen molar-refractivity contribution >= 4 is 28.6 Å². The molecule has 0 aliphatic carbocycles. The van der Waals surface area contributed by atoms with Gasteiger partial charge in [-0.05, 0) is 29.8 Å². The van der Waals surface area contributed by atoms with Gasteiger partial charge in [-0.25, -0.2) is 0 Å². The van der Waals surface area contributed by atoms with E-state index >= 15 is 0 Å². The number of carbonyl (C=O) groups excluding carboxylic acids is 1. The van der Waals surface area contributed by atoms with Gasteiger partial charge in [-0.1, -0.05) is 6.07 Å². The third kappa shape index (κ3) is 3.89. The molecule has 102 valence electrons. The molecule has 2 rings (SSSR count). The number of nitrogens with one attached hydrogen (secondary N) is 1. The van der Waals surface area contributed by atoms with E-state index in [0.29, 0.717) is 6.54 Å². The zero-order valence-corrected chi connectivity index (χ0v) is 12.8. The van der Waals surface area contributed by atoms with Gasteiger partial charge in [0, 0.05) is 35.5 Å². The van der Waals surface area contributed by atoms with Gasteiger partial charge in [-0.15, -0.1) is 22.7 Å². The van der Waals surface area contributed by atoms with Gasteiger partial charge in [0.15, 0.2) is 0 Å². The van der Waals surface area contributed by atoms with Crippen LogP contribution in [0.25, 0.3) is 10.4 Å². The van der Waals surface area contributed by atoms with Crippen molar-refractivity contribution in [2.45, 2.75) is 13.5 Å². The van der Waals surface area contributed by atoms with Crippen LogP contribution in [0.2, 0.25) is 0 Å². The maximum Gasteiger partial charge on any atom is 0.236 e. The topological polar surface area (TPSA) is 32.3 Å². The minimum absolute atomic E-state index is 0.137. The lowest BCUT2D eigenvalue weighted by Gasteiger charge is -2.14. The minimum atomic E-state index is 0.137. The monoisotopic (exact) mass is 294 g/mol. The van der Waals surface area contributed by atoms with Crippen LogP contribution in [0.3, 0.4) is 0 Å². The first-order valence-corrected chi connectivity index (χ1v) is 8.02. The van der Waals surface area contributed by atoms with Crippen LogP contribution < -0.4 is 5.32 Å². The van der Waals surface area contributed by atoms with E-state index in [1.165, 1.54) is 15.3 Å². The highest BCUT2D eigenvalue weighted by atomic mass is 32.1. The molecule has 2 aromatic heterocycles. The van der Waals surface area contributed by atoms with Crippen molar-refractivity contribution in [3.63, 3.8) is 0 Å². The van der Waals surface area contributed by atoms with Gasteiger partial charge in [-0.3, -0.25) is 4.79 Å². The first-order valence-electron chi connectivity index (χ1n) is 6.26. The number of rotatable bonds is 6. The highest BCUT2D eigenvalue weighted by Crippen LogP contribution is 2.29. The molecule has 0 aromatic carbocycles. The molecule has 0 spiro atoms. The molecule has 2 heterocycles. The lowest BCUT2D eigenvalue weighted by atomic mass is 10.2. The molecule has 0 saturated heterocycles. The molecule has 1 N–H and O–H groups in total. The molecule has 0 radical (unpaired) electrons. The summed E-state index contributed by atoms with van der Waals surface area (Å²) in [7, 11) is 1.82. The Morgan fingerprint density at radius 3 is 2.95 bits per heavy atom. The molecule has 0 aliphatic rings. The van der Waals surface area contributed by atoms with Gasteiger partial charge in [0.2, 0.25) is 5.91 Å². The van der Waals surface area contributed by atoms with E-state index in [0.717, 1.165) is 13.1 Å². The van der Waals surface area contributed by atoms with Crippen molar-refractivity contribution < 1.29 is 4.79 Å². The number of hydrogen-bond acceptors (Lipinski definition) is 4. The Kier molecular flexibility index (Phi) is 5.13. The number of thiophene rings is 2. The summed E-state index contributed by atoms with van der Waals surface area (Å²) >= 11 is 3.48. The third-order valence-electron chi connectivity index (χ3n) is 2.94. The second kappa shape index (κ2) is 6.84. The molecule has 1 amide bonds. The van der Waals surface area contributed by atoms with E-state index in [4.69, 9.17) is 0 Å². The summed E-state index contributed by atoms with van der Waals surface area (Å²) in [6.07, 6.45) is 0. The van der Waals surface area contributed by atoms with Crippen molar-refractivity contribution in [2.24, 2.45) is 0 Å². The fourth-order valence-corrected chi connectivity index (χ4v) is 3.29. The summed E-state index contributed by atoms with van der Waals surface area (Å²) in [5, 5.41) is 7.45. The SMILES string of the molecule is CCN(C)C(=O)CNCc1cc(-c2cccs2)cs1. The molecular weight excluding hydrogens is 276 g/mol. The number of carbonyl (C=O) groups is 1. The van der Waals surface area contributed by atoms with Gasteiger partial charge in [-0.2, -0.15) is 0 Å². The van der Waals surface area contributed by atoms with Gasteiger partial charge >= 0.3 is 0 Å². The molecule has 0 fully saturated rings. The first-order chi connectivity index (χ1) is 9.20. The van der Waals surface area contributed by atoms with Crippen LogP contribution in [0.1, 0.15) is 11.8 Å². The Morgan fingerprint density at radius 1 is 1.42 bits per heavy atom. The maximum atomic E-state index is 11.6. The Morgan fingerprint density at radius 2 is 2.26 bits per heavy atom. The molecule has 19 heavy (non-hydrogen) atoms. The summed E-state index contributed by atoms with van der Waals surface area (Å²) in [5.74, 6) is 0.137. The normalized spacial score (nSPS) is 10.6. The van der Waals surface area contributed by atoms with Crippen molar-refractivity contribution in [1.29, 1.82) is 0 Å². The Balaban J connectivity index is 1.83. The molecule has 0 bridgehead atoms. The summed E-state index contributed by atoms with van der Waals surface area (Å²) in [6.45, 7) is 3.88. The number of likely N-dealkylation sites (N-methyl/N-ethyl adjacent to an activating group) is 1. The lowest BCUT2D eigenvalue weighted by molar-refractivity contribution is -0.128. The van der Waals surface area contributed by atoms with Crippen LogP contribution in [0.5, 0.6) is 0 Å². The predicted molar refractivity (Wildman–Crippen MR) is 82.6 cm³/mol. The van der Waals surface area contributed by atoms with Gasteiger partial charge in [0.1, 0.15) is 0 Å². The van der Waals surface area contributed by atoms with Gasteiger partial charge in [0.05, 0.1) is 6.54 Å². The Labute approximate surface area is 121 Å². The van der Waals surface area contributed by atoms with Crippen molar-refractivity contribution in [2.75, 3.05) is 20.1 Å². The van der Waals surface area contributed by atoms with Crippen molar-refractivity contribution in [3.8, 4) is 10.4 Å². The summed E-state index contributed by atoms with van der Waals surface area (Å²) in [6, 6.07) is 6.38. The fourth-order valence-electron chi connectivity index (χ4n) is 1.65. The second-order valence-corrected chi connectivity index (χ2v) is 6.23. The van der Waals surface area contributed by atoms with Crippen LogP contribution in [0.15, 0.2) is 29.0 Å². The lowest BCUT2D eigenvalue weighted by Crippen LogP contribution is -2.34. The number of nitrogens with zero attached hydrogens (tertiary/aromatic N) is 1. The van der Waals surface area contributed by atoms with Crippen LogP contribution in [0.4, 0.5) is 0 Å². The fraction of sp³-hybridized carbons (Fsp3) is 0.357. The van der Waals surface area contributed by atoms with Crippen LogP contribution in [-0.2, 0) is 11.3 Å². The van der Waals surface area contributed by atoms with Crippen LogP contribution >= 0.6 is 22.7 Å². The molecule has 0 atom stereocenters. The van der Waals surface area contributed by atoms with E-state index in [1.807, 2.05) is 14.0 Å². The maximum absolute atomic E-state index is 11.6. The summed E-state index contributed by atoms with van der Waals surface area (Å²) in [4.78, 5) is 15.9. The summed E-state index contributed by atoms with van der Waals surface area (Å²) in [5.41, 5.74) is 1.27. The predicted octanol–water partition coefficient (Wildman–Crippen LogP) is 3.04. The third-order valence-corrected chi connectivity index (χ3v) is 4.79. The average Bonchev–Trinajstić information content (AvgIpc) is 3.07. The average molecular weight is 294 g/mol. The van der Waals surface area contributed by atoms with Crippen molar-refractivity contribution in [3.05, 3.63) is 33.8 Å². The number of amides is 1.